The van der Waals surface area contributed by atoms with Gasteiger partial charge in [0.2, 0.25) is 5.95 Å². The van der Waals surface area contributed by atoms with Crippen molar-refractivity contribution in [2.24, 2.45) is 0 Å². The summed E-state index contributed by atoms with van der Waals surface area (Å²) in [5.74, 6) is -0.885. The van der Waals surface area contributed by atoms with Gasteiger partial charge in [-0.15, -0.1) is 0 Å². The minimum atomic E-state index is -1.13. The van der Waals surface area contributed by atoms with Crippen LogP contribution in [-0.2, 0) is 21.6 Å². The molecule has 0 bridgehead atoms. The second-order valence-electron chi connectivity index (χ2n) is 3.73. The van der Waals surface area contributed by atoms with Gasteiger partial charge in [-0.05, 0) is 6.92 Å². The van der Waals surface area contributed by atoms with Gasteiger partial charge in [-0.3, -0.25) is 4.79 Å². The summed E-state index contributed by atoms with van der Waals surface area (Å²) in [6.07, 6.45) is 1.51. The van der Waals surface area contributed by atoms with Gasteiger partial charge >= 0.3 is 5.97 Å². The Morgan fingerprint density at radius 3 is 3.13 bits per heavy atom. The second-order valence-corrected chi connectivity index (χ2v) is 3.73. The number of aromatic nitrogens is 2. The highest BCUT2D eigenvalue weighted by molar-refractivity contribution is 5.81. The van der Waals surface area contributed by atoms with Crippen LogP contribution in [0.15, 0.2) is 6.20 Å². The molecule has 15 heavy (non-hydrogen) atoms. The second kappa shape index (κ2) is 3.16. The quantitative estimate of drug-likeness (QED) is 0.671. The van der Waals surface area contributed by atoms with Crippen molar-refractivity contribution in [3.8, 4) is 0 Å². The van der Waals surface area contributed by atoms with E-state index in [-0.39, 0.29) is 12.6 Å². The molecule has 0 aromatic carbocycles. The third-order valence-corrected chi connectivity index (χ3v) is 2.53. The summed E-state index contributed by atoms with van der Waals surface area (Å²) in [6.45, 7) is 2.00. The zero-order chi connectivity index (χ0) is 11.1. The van der Waals surface area contributed by atoms with E-state index in [9.17, 15) is 4.79 Å². The van der Waals surface area contributed by atoms with E-state index in [0.717, 1.165) is 0 Å². The fourth-order valence-corrected chi connectivity index (χ4v) is 1.60. The van der Waals surface area contributed by atoms with Gasteiger partial charge in [0.1, 0.15) is 5.41 Å². The van der Waals surface area contributed by atoms with Gasteiger partial charge in [0, 0.05) is 11.8 Å². The molecule has 6 heteroatoms. The lowest BCUT2D eigenvalue weighted by atomic mass is 9.84. The van der Waals surface area contributed by atoms with Crippen molar-refractivity contribution in [1.82, 2.24) is 9.97 Å². The molecule has 0 saturated carbocycles. The topological polar surface area (TPSA) is 98.3 Å². The average Bonchev–Trinajstić information content (AvgIpc) is 2.19. The normalized spacial score (nSPS) is 24.6. The summed E-state index contributed by atoms with van der Waals surface area (Å²) in [7, 11) is 0. The maximum Gasteiger partial charge on any atom is 0.317 e. The number of carboxylic acid groups (broad SMARTS) is 1. The van der Waals surface area contributed by atoms with E-state index in [2.05, 4.69) is 9.97 Å². The largest absolute Gasteiger partial charge is 0.480 e. The number of ether oxygens (including phenoxy) is 1. The zero-order valence-electron chi connectivity index (χ0n) is 8.23. The van der Waals surface area contributed by atoms with E-state index in [1.54, 1.807) is 6.92 Å². The summed E-state index contributed by atoms with van der Waals surface area (Å²) in [5, 5.41) is 9.15. The molecule has 0 fully saturated rings. The Morgan fingerprint density at radius 2 is 2.47 bits per heavy atom. The number of hydrogen-bond donors (Lipinski definition) is 2. The fraction of sp³-hybridized carbons (Fsp3) is 0.444. The Bertz CT molecular complexity index is 421. The minimum Gasteiger partial charge on any atom is -0.480 e. The maximum absolute atomic E-state index is 11.2. The molecule has 2 heterocycles. The highest BCUT2D eigenvalue weighted by Gasteiger charge is 2.42. The number of nitrogens with zero attached hydrogens (tertiary/aromatic N) is 2. The first-order valence-corrected chi connectivity index (χ1v) is 4.47. The van der Waals surface area contributed by atoms with Gasteiger partial charge in [0.05, 0.1) is 18.9 Å². The lowest BCUT2D eigenvalue weighted by Gasteiger charge is -2.30. The molecule has 0 radical (unpaired) electrons. The van der Waals surface area contributed by atoms with Crippen molar-refractivity contribution in [2.75, 3.05) is 12.3 Å². The van der Waals surface area contributed by atoms with Crippen LogP contribution in [0, 0.1) is 0 Å². The smallest absolute Gasteiger partial charge is 0.317 e. The number of hydrogen-bond acceptors (Lipinski definition) is 5. The standard InChI is InChI=1S/C9H11N3O3/c1-9(7(13)14)4-15-3-5-2-11-8(10)12-6(5)9/h2H,3-4H2,1H3,(H,13,14)(H2,10,11,12). The van der Waals surface area contributed by atoms with Crippen LogP contribution in [0.2, 0.25) is 0 Å². The van der Waals surface area contributed by atoms with Crippen molar-refractivity contribution in [3.63, 3.8) is 0 Å². The Kier molecular flexibility index (Phi) is 2.08. The zero-order valence-corrected chi connectivity index (χ0v) is 8.23. The molecule has 0 spiro atoms. The van der Waals surface area contributed by atoms with Gasteiger partial charge in [-0.1, -0.05) is 0 Å². The molecule has 1 aliphatic rings. The molecule has 1 aromatic heterocycles. The minimum absolute atomic E-state index is 0.0862. The van der Waals surface area contributed by atoms with E-state index in [0.29, 0.717) is 17.9 Å². The monoisotopic (exact) mass is 209 g/mol. The molecule has 0 aliphatic carbocycles. The molecule has 0 saturated heterocycles. The number of anilines is 1. The highest BCUT2D eigenvalue weighted by Crippen LogP contribution is 2.30. The molecule has 1 aliphatic heterocycles. The summed E-state index contributed by atoms with van der Waals surface area (Å²) < 4.78 is 5.21. The third-order valence-electron chi connectivity index (χ3n) is 2.53. The number of carboxylic acids is 1. The van der Waals surface area contributed by atoms with Crippen LogP contribution in [0.4, 0.5) is 5.95 Å². The lowest BCUT2D eigenvalue weighted by molar-refractivity contribution is -0.147. The maximum atomic E-state index is 11.2. The van der Waals surface area contributed by atoms with E-state index in [1.807, 2.05) is 0 Å². The van der Waals surface area contributed by atoms with Gasteiger partial charge in [-0.2, -0.15) is 0 Å². The van der Waals surface area contributed by atoms with Crippen LogP contribution in [0.1, 0.15) is 18.2 Å². The average molecular weight is 209 g/mol. The summed E-state index contributed by atoms with van der Waals surface area (Å²) in [5.41, 5.74) is 5.45. The summed E-state index contributed by atoms with van der Waals surface area (Å²) in [4.78, 5) is 19.0. The van der Waals surface area contributed by atoms with E-state index >= 15 is 0 Å². The number of nitrogen functional groups attached to an aromatic ring is 1. The molecule has 2 rings (SSSR count). The summed E-state index contributed by atoms with van der Waals surface area (Å²) in [6, 6.07) is 0. The fourth-order valence-electron chi connectivity index (χ4n) is 1.60. The molecular formula is C9H11N3O3. The van der Waals surface area contributed by atoms with Gasteiger partial charge < -0.3 is 15.6 Å². The van der Waals surface area contributed by atoms with E-state index < -0.39 is 11.4 Å². The first-order valence-electron chi connectivity index (χ1n) is 4.47. The molecule has 1 aromatic rings. The first-order chi connectivity index (χ1) is 7.04. The predicted molar refractivity (Wildman–Crippen MR) is 51.1 cm³/mol. The molecule has 1 atom stereocenters. The van der Waals surface area contributed by atoms with E-state index in [4.69, 9.17) is 15.6 Å². The molecule has 3 N–H and O–H groups in total. The first kappa shape index (κ1) is 9.85. The number of fused-ring (bicyclic) bond motifs is 1. The molecule has 0 amide bonds. The van der Waals surface area contributed by atoms with Crippen LogP contribution in [0.25, 0.3) is 0 Å². The van der Waals surface area contributed by atoms with Crippen LogP contribution >= 0.6 is 0 Å². The Hall–Kier alpha value is -1.69. The molecule has 80 valence electrons. The number of rotatable bonds is 1. The highest BCUT2D eigenvalue weighted by atomic mass is 16.5. The number of carbonyl (C=O) groups is 1. The Labute approximate surface area is 86.1 Å². The SMILES string of the molecule is CC1(C(=O)O)COCc2cnc(N)nc21. The van der Waals surface area contributed by atoms with Crippen LogP contribution in [0.3, 0.4) is 0 Å². The molecular weight excluding hydrogens is 198 g/mol. The van der Waals surface area contributed by atoms with Crippen molar-refractivity contribution in [3.05, 3.63) is 17.5 Å². The number of nitrogens with two attached hydrogens (primary N) is 1. The van der Waals surface area contributed by atoms with Crippen LogP contribution < -0.4 is 5.73 Å². The Balaban J connectivity index is 2.59. The van der Waals surface area contributed by atoms with E-state index in [1.165, 1.54) is 6.20 Å². The lowest BCUT2D eigenvalue weighted by Crippen LogP contribution is -2.42. The molecule has 1 unspecified atom stereocenters. The van der Waals surface area contributed by atoms with Crippen LogP contribution in [-0.4, -0.2) is 27.7 Å². The van der Waals surface area contributed by atoms with Crippen molar-refractivity contribution in [1.29, 1.82) is 0 Å². The predicted octanol–water partition coefficient (Wildman–Crippen LogP) is -0.0687. The molecule has 6 nitrogen and oxygen atoms in total. The summed E-state index contributed by atoms with van der Waals surface area (Å²) >= 11 is 0. The van der Waals surface area contributed by atoms with Gasteiger partial charge in [-0.25, -0.2) is 9.97 Å². The Morgan fingerprint density at radius 1 is 1.73 bits per heavy atom. The van der Waals surface area contributed by atoms with Gasteiger partial charge in [0.15, 0.2) is 0 Å². The van der Waals surface area contributed by atoms with Crippen molar-refractivity contribution < 1.29 is 14.6 Å². The third kappa shape index (κ3) is 1.42. The number of aliphatic carboxylic acids is 1. The van der Waals surface area contributed by atoms with Crippen molar-refractivity contribution >= 4 is 11.9 Å². The van der Waals surface area contributed by atoms with Crippen molar-refractivity contribution in [2.45, 2.75) is 18.9 Å². The van der Waals surface area contributed by atoms with Crippen LogP contribution in [0.5, 0.6) is 0 Å². The van der Waals surface area contributed by atoms with Gasteiger partial charge in [0.25, 0.3) is 0 Å².